The molecule has 68 valence electrons. The van der Waals surface area contributed by atoms with Crippen LogP contribution in [-0.4, -0.2) is 15.8 Å². The monoisotopic (exact) mass is 176 g/mol. The smallest absolute Gasteiger partial charge is 0.152 e. The van der Waals surface area contributed by atoms with E-state index in [1.54, 1.807) is 24.3 Å². The van der Waals surface area contributed by atoms with E-state index in [4.69, 9.17) is 6.42 Å². The normalized spacial score (nSPS) is 17.1. The first kappa shape index (κ1) is 9.79. The molecular weight excluding hydrogens is 164 g/mol. The molecule has 0 saturated heterocycles. The number of hydrogen-bond acceptors (Lipinski definition) is 2. The molecule has 2 nitrogen and oxygen atoms in total. The zero-order valence-corrected chi connectivity index (χ0v) is 7.44. The summed E-state index contributed by atoms with van der Waals surface area (Å²) in [6.07, 6.45) is 4.04. The molecule has 0 amide bonds. The van der Waals surface area contributed by atoms with Gasteiger partial charge in [-0.05, 0) is 12.5 Å². The third kappa shape index (κ3) is 2.09. The lowest BCUT2D eigenvalue weighted by molar-refractivity contribution is -0.0204. The van der Waals surface area contributed by atoms with Crippen molar-refractivity contribution in [3.05, 3.63) is 35.9 Å². The van der Waals surface area contributed by atoms with Crippen LogP contribution in [0.15, 0.2) is 30.3 Å². The van der Waals surface area contributed by atoms with Gasteiger partial charge in [0.1, 0.15) is 6.10 Å². The van der Waals surface area contributed by atoms with E-state index < -0.39 is 11.7 Å². The second-order valence-electron chi connectivity index (χ2n) is 3.11. The van der Waals surface area contributed by atoms with Gasteiger partial charge in [-0.2, -0.15) is 0 Å². The Morgan fingerprint density at radius 1 is 1.38 bits per heavy atom. The topological polar surface area (TPSA) is 40.5 Å². The Kier molecular flexibility index (Phi) is 2.72. The first-order chi connectivity index (χ1) is 6.08. The van der Waals surface area contributed by atoms with E-state index in [0.29, 0.717) is 5.56 Å². The summed E-state index contributed by atoms with van der Waals surface area (Å²) in [4.78, 5) is 0. The molecule has 0 bridgehead atoms. The van der Waals surface area contributed by atoms with Crippen molar-refractivity contribution in [1.29, 1.82) is 0 Å². The fraction of sp³-hybridized carbons (Fsp3) is 0.273. The average Bonchev–Trinajstić information content (AvgIpc) is 2.18. The van der Waals surface area contributed by atoms with Crippen LogP contribution in [0.1, 0.15) is 18.6 Å². The number of aliphatic hydroxyl groups excluding tert-OH is 1. The van der Waals surface area contributed by atoms with Gasteiger partial charge in [0, 0.05) is 0 Å². The van der Waals surface area contributed by atoms with Crippen molar-refractivity contribution in [3.63, 3.8) is 0 Å². The summed E-state index contributed by atoms with van der Waals surface area (Å²) < 4.78 is 0. The molecular formula is C11H12O2. The Balaban J connectivity index is 2.94. The summed E-state index contributed by atoms with van der Waals surface area (Å²) in [6.45, 7) is 1.41. The summed E-state index contributed by atoms with van der Waals surface area (Å²) in [5.74, 6) is 2.15. The van der Waals surface area contributed by atoms with E-state index in [-0.39, 0.29) is 0 Å². The molecule has 1 aromatic carbocycles. The van der Waals surface area contributed by atoms with E-state index >= 15 is 0 Å². The largest absolute Gasteiger partial charge is 0.384 e. The molecule has 0 fully saturated rings. The number of terminal acetylenes is 1. The molecule has 0 aliphatic rings. The molecule has 0 unspecified atom stereocenters. The van der Waals surface area contributed by atoms with Crippen molar-refractivity contribution in [1.82, 2.24) is 0 Å². The Morgan fingerprint density at radius 2 is 1.92 bits per heavy atom. The van der Waals surface area contributed by atoms with Crippen LogP contribution < -0.4 is 0 Å². The molecule has 0 aliphatic carbocycles. The molecule has 13 heavy (non-hydrogen) atoms. The quantitative estimate of drug-likeness (QED) is 0.662. The van der Waals surface area contributed by atoms with Gasteiger partial charge in [0.25, 0.3) is 0 Å². The molecule has 2 heteroatoms. The Hall–Kier alpha value is -1.30. The highest BCUT2D eigenvalue weighted by atomic mass is 16.3. The van der Waals surface area contributed by atoms with Gasteiger partial charge in [-0.1, -0.05) is 36.3 Å². The summed E-state index contributed by atoms with van der Waals surface area (Å²) in [6, 6.07) is 8.84. The fourth-order valence-corrected chi connectivity index (χ4v) is 1.04. The lowest BCUT2D eigenvalue weighted by atomic mass is 9.94. The average molecular weight is 176 g/mol. The van der Waals surface area contributed by atoms with Gasteiger partial charge in [-0.25, -0.2) is 0 Å². The zero-order valence-electron chi connectivity index (χ0n) is 7.44. The highest BCUT2D eigenvalue weighted by Crippen LogP contribution is 2.24. The fourth-order valence-electron chi connectivity index (χ4n) is 1.04. The number of aliphatic hydroxyl groups is 2. The minimum atomic E-state index is -1.51. The van der Waals surface area contributed by atoms with Gasteiger partial charge >= 0.3 is 0 Å². The van der Waals surface area contributed by atoms with Crippen LogP contribution in [0.5, 0.6) is 0 Å². The van der Waals surface area contributed by atoms with Gasteiger partial charge < -0.3 is 10.2 Å². The molecule has 0 aliphatic heterocycles. The van der Waals surface area contributed by atoms with Crippen LogP contribution >= 0.6 is 0 Å². The van der Waals surface area contributed by atoms with Crippen molar-refractivity contribution in [3.8, 4) is 12.3 Å². The van der Waals surface area contributed by atoms with Crippen molar-refractivity contribution in [2.24, 2.45) is 0 Å². The standard InChI is InChI=1S/C11H12O2/c1-3-11(2,13)10(12)9-7-5-4-6-8-9/h1,4-8,10,12-13H,2H3/t10-,11-/m1/s1. The van der Waals surface area contributed by atoms with Gasteiger partial charge in [-0.3, -0.25) is 0 Å². The van der Waals surface area contributed by atoms with Crippen molar-refractivity contribution in [2.45, 2.75) is 18.6 Å². The molecule has 0 aromatic heterocycles. The molecule has 1 aromatic rings. The van der Waals surface area contributed by atoms with Crippen LogP contribution in [0.3, 0.4) is 0 Å². The lowest BCUT2D eigenvalue weighted by Crippen LogP contribution is -2.30. The first-order valence-electron chi connectivity index (χ1n) is 4.01. The molecule has 0 spiro atoms. The maximum Gasteiger partial charge on any atom is 0.152 e. The highest BCUT2D eigenvalue weighted by Gasteiger charge is 2.28. The van der Waals surface area contributed by atoms with Crippen LogP contribution in [0.25, 0.3) is 0 Å². The zero-order chi connectivity index (χ0) is 9.90. The van der Waals surface area contributed by atoms with Gasteiger partial charge in [0.05, 0.1) is 0 Å². The third-order valence-corrected chi connectivity index (χ3v) is 1.94. The molecule has 1 rings (SSSR count). The lowest BCUT2D eigenvalue weighted by Gasteiger charge is -2.23. The SMILES string of the molecule is C#C[C@@](C)(O)[C@H](O)c1ccccc1. The van der Waals surface area contributed by atoms with Gasteiger partial charge in [-0.15, -0.1) is 6.42 Å². The van der Waals surface area contributed by atoms with Crippen LogP contribution in [-0.2, 0) is 0 Å². The summed E-state index contributed by atoms with van der Waals surface area (Å²) in [5.41, 5.74) is -0.896. The molecule has 2 atom stereocenters. The van der Waals surface area contributed by atoms with E-state index in [0.717, 1.165) is 0 Å². The second kappa shape index (κ2) is 3.61. The molecule has 2 N–H and O–H groups in total. The van der Waals surface area contributed by atoms with Crippen LogP contribution in [0, 0.1) is 12.3 Å². The Labute approximate surface area is 77.8 Å². The Morgan fingerprint density at radius 3 is 2.38 bits per heavy atom. The predicted octanol–water partition coefficient (Wildman–Crippen LogP) is 1.10. The van der Waals surface area contributed by atoms with Crippen LogP contribution in [0.2, 0.25) is 0 Å². The van der Waals surface area contributed by atoms with Crippen molar-refractivity contribution in [2.75, 3.05) is 0 Å². The van der Waals surface area contributed by atoms with E-state index in [1.807, 2.05) is 6.07 Å². The van der Waals surface area contributed by atoms with Gasteiger partial charge in [0.2, 0.25) is 0 Å². The summed E-state index contributed by atoms with van der Waals surface area (Å²) in [7, 11) is 0. The van der Waals surface area contributed by atoms with Crippen molar-refractivity contribution >= 4 is 0 Å². The predicted molar refractivity (Wildman–Crippen MR) is 50.9 cm³/mol. The maximum absolute atomic E-state index is 9.66. The van der Waals surface area contributed by atoms with Gasteiger partial charge in [0.15, 0.2) is 5.60 Å². The Bertz CT molecular complexity index is 309. The summed E-state index contributed by atoms with van der Waals surface area (Å²) >= 11 is 0. The van der Waals surface area contributed by atoms with E-state index in [9.17, 15) is 10.2 Å². The number of hydrogen-bond donors (Lipinski definition) is 2. The minimum absolute atomic E-state index is 0.616. The third-order valence-electron chi connectivity index (χ3n) is 1.94. The summed E-state index contributed by atoms with van der Waals surface area (Å²) in [5, 5.41) is 19.2. The van der Waals surface area contributed by atoms with E-state index in [2.05, 4.69) is 5.92 Å². The van der Waals surface area contributed by atoms with E-state index in [1.165, 1.54) is 6.92 Å². The highest BCUT2D eigenvalue weighted by molar-refractivity contribution is 5.24. The van der Waals surface area contributed by atoms with Crippen LogP contribution in [0.4, 0.5) is 0 Å². The first-order valence-corrected chi connectivity index (χ1v) is 4.01. The minimum Gasteiger partial charge on any atom is -0.384 e. The molecule has 0 saturated carbocycles. The van der Waals surface area contributed by atoms with Crippen molar-refractivity contribution < 1.29 is 10.2 Å². The molecule has 0 radical (unpaired) electrons. The number of benzene rings is 1. The second-order valence-corrected chi connectivity index (χ2v) is 3.11. The number of rotatable bonds is 2. The maximum atomic E-state index is 9.66. The molecule has 0 heterocycles.